The molecule has 1 unspecified atom stereocenters. The Morgan fingerprint density at radius 3 is 2.44 bits per heavy atom. The van der Waals surface area contributed by atoms with Gasteiger partial charge in [0.25, 0.3) is 0 Å². The van der Waals surface area contributed by atoms with Crippen LogP contribution in [0.5, 0.6) is 0 Å². The fourth-order valence-corrected chi connectivity index (χ4v) is 3.79. The van der Waals surface area contributed by atoms with Crippen LogP contribution in [0.25, 0.3) is 0 Å². The quantitative estimate of drug-likeness (QED) is 0.303. The van der Waals surface area contributed by atoms with Gasteiger partial charge in [-0.15, -0.1) is 0 Å². The van der Waals surface area contributed by atoms with Crippen LogP contribution in [0.4, 0.5) is 0 Å². The van der Waals surface area contributed by atoms with Gasteiger partial charge in [-0.05, 0) is 50.0 Å². The standard InChI is InChI=1S/C21H36N2O3S/c1-6-21(17(4)5,15-16(2)3)19(24)26-14-10-8-7-9-12-23-13-11-18(27)22-20(23)25/h11,13,16-17H,6-10,12,14-15H2,1-5H3,(H,22,25,27). The van der Waals surface area contributed by atoms with Gasteiger partial charge in [0.1, 0.15) is 4.64 Å². The molecule has 1 atom stereocenters. The molecular formula is C21H36N2O3S. The summed E-state index contributed by atoms with van der Waals surface area (Å²) in [6, 6.07) is 1.72. The summed E-state index contributed by atoms with van der Waals surface area (Å²) in [5.74, 6) is 0.698. The molecule has 0 amide bonds. The van der Waals surface area contributed by atoms with Crippen molar-refractivity contribution < 1.29 is 9.53 Å². The van der Waals surface area contributed by atoms with E-state index >= 15 is 0 Å². The first-order valence-electron chi connectivity index (χ1n) is 10.2. The van der Waals surface area contributed by atoms with Crippen LogP contribution in [0.2, 0.25) is 0 Å². The van der Waals surface area contributed by atoms with E-state index in [1.165, 1.54) is 0 Å². The van der Waals surface area contributed by atoms with Crippen molar-refractivity contribution in [1.29, 1.82) is 0 Å². The van der Waals surface area contributed by atoms with Crippen LogP contribution in [-0.4, -0.2) is 22.1 Å². The van der Waals surface area contributed by atoms with E-state index < -0.39 is 0 Å². The first-order valence-corrected chi connectivity index (χ1v) is 10.6. The topological polar surface area (TPSA) is 64.1 Å². The normalized spacial score (nSPS) is 13.7. The highest BCUT2D eigenvalue weighted by atomic mass is 32.1. The first kappa shape index (κ1) is 23.6. The maximum absolute atomic E-state index is 12.7. The number of carbonyl (C=O) groups excluding carboxylic acids is 1. The summed E-state index contributed by atoms with van der Waals surface area (Å²) in [6.45, 7) is 11.8. The molecule has 1 aromatic heterocycles. The van der Waals surface area contributed by atoms with E-state index in [0.29, 0.717) is 23.7 Å². The molecule has 0 saturated carbocycles. The maximum atomic E-state index is 12.7. The van der Waals surface area contributed by atoms with Crippen molar-refractivity contribution in [2.24, 2.45) is 17.3 Å². The SMILES string of the molecule is CCC(CC(C)C)(C(=O)OCCCCCCn1ccc(=S)[nH]c1=O)C(C)C. The van der Waals surface area contributed by atoms with Gasteiger partial charge in [-0.2, -0.15) is 0 Å². The molecule has 5 nitrogen and oxygen atoms in total. The number of aryl methyl sites for hydroxylation is 1. The summed E-state index contributed by atoms with van der Waals surface area (Å²) in [7, 11) is 0. The van der Waals surface area contributed by atoms with Gasteiger partial charge >= 0.3 is 11.7 Å². The second-order valence-electron chi connectivity index (χ2n) is 8.12. The molecule has 1 rings (SSSR count). The highest BCUT2D eigenvalue weighted by Gasteiger charge is 2.41. The van der Waals surface area contributed by atoms with Crippen LogP contribution in [0.1, 0.15) is 73.1 Å². The van der Waals surface area contributed by atoms with E-state index in [-0.39, 0.29) is 23.0 Å². The van der Waals surface area contributed by atoms with Crippen molar-refractivity contribution in [1.82, 2.24) is 9.55 Å². The predicted octanol–water partition coefficient (Wildman–Crippen LogP) is 5.11. The molecule has 6 heteroatoms. The maximum Gasteiger partial charge on any atom is 0.326 e. The lowest BCUT2D eigenvalue weighted by Gasteiger charge is -2.35. The molecule has 0 aromatic carbocycles. The van der Waals surface area contributed by atoms with Gasteiger partial charge in [-0.3, -0.25) is 9.78 Å². The lowest BCUT2D eigenvalue weighted by molar-refractivity contribution is -0.161. The molecule has 0 aliphatic heterocycles. The average Bonchev–Trinajstić information content (AvgIpc) is 2.59. The fraction of sp³-hybridized carbons (Fsp3) is 0.762. The third-order valence-electron chi connectivity index (χ3n) is 5.34. The summed E-state index contributed by atoms with van der Waals surface area (Å²) in [5, 5.41) is 0. The third-order valence-corrected chi connectivity index (χ3v) is 5.58. The first-order chi connectivity index (χ1) is 12.7. The molecule has 0 aliphatic carbocycles. The van der Waals surface area contributed by atoms with Gasteiger partial charge < -0.3 is 9.30 Å². The van der Waals surface area contributed by atoms with Gasteiger partial charge in [0.05, 0.1) is 12.0 Å². The number of nitrogens with zero attached hydrogens (tertiary/aromatic N) is 1. The lowest BCUT2D eigenvalue weighted by Crippen LogP contribution is -2.38. The van der Waals surface area contributed by atoms with E-state index in [2.05, 4.69) is 39.6 Å². The van der Waals surface area contributed by atoms with Crippen molar-refractivity contribution in [2.45, 2.75) is 79.7 Å². The molecular weight excluding hydrogens is 360 g/mol. The molecule has 0 fully saturated rings. The number of esters is 1. The van der Waals surface area contributed by atoms with Crippen molar-refractivity contribution in [3.8, 4) is 0 Å². The summed E-state index contributed by atoms with van der Waals surface area (Å²) in [4.78, 5) is 27.1. The van der Waals surface area contributed by atoms with E-state index in [9.17, 15) is 9.59 Å². The predicted molar refractivity (Wildman–Crippen MR) is 112 cm³/mol. The molecule has 0 aliphatic rings. The van der Waals surface area contributed by atoms with Crippen LogP contribution in [0.15, 0.2) is 17.1 Å². The molecule has 1 N–H and O–H groups in total. The Kier molecular flexibility index (Phi) is 9.99. The summed E-state index contributed by atoms with van der Waals surface area (Å²) >= 11 is 4.93. The second kappa shape index (κ2) is 11.4. The lowest BCUT2D eigenvalue weighted by atomic mass is 9.70. The van der Waals surface area contributed by atoms with E-state index in [0.717, 1.165) is 38.5 Å². The Balaban J connectivity index is 2.34. The van der Waals surface area contributed by atoms with E-state index in [4.69, 9.17) is 17.0 Å². The highest BCUT2D eigenvalue weighted by molar-refractivity contribution is 7.71. The Bertz CT molecular complexity index is 693. The van der Waals surface area contributed by atoms with Crippen LogP contribution < -0.4 is 5.69 Å². The molecule has 0 bridgehead atoms. The number of H-pyrrole nitrogens is 1. The number of hydrogen-bond acceptors (Lipinski definition) is 4. The molecule has 27 heavy (non-hydrogen) atoms. The van der Waals surface area contributed by atoms with Crippen molar-refractivity contribution in [2.75, 3.05) is 6.61 Å². The monoisotopic (exact) mass is 396 g/mol. The molecule has 0 spiro atoms. The Labute approximate surface area is 168 Å². The van der Waals surface area contributed by atoms with Crippen molar-refractivity contribution >= 4 is 18.2 Å². The highest BCUT2D eigenvalue weighted by Crippen LogP contribution is 2.39. The third kappa shape index (κ3) is 7.24. The second-order valence-corrected chi connectivity index (χ2v) is 8.56. The molecule has 0 saturated heterocycles. The van der Waals surface area contributed by atoms with Gasteiger partial charge in [-0.25, -0.2) is 4.79 Å². The smallest absolute Gasteiger partial charge is 0.326 e. The number of aromatic nitrogens is 2. The van der Waals surface area contributed by atoms with Crippen LogP contribution in [0, 0.1) is 21.9 Å². The minimum Gasteiger partial charge on any atom is -0.465 e. The van der Waals surface area contributed by atoms with Gasteiger partial charge in [0, 0.05) is 12.7 Å². The minimum absolute atomic E-state index is 0.0419. The van der Waals surface area contributed by atoms with E-state index in [1.54, 1.807) is 16.8 Å². The van der Waals surface area contributed by atoms with Gasteiger partial charge in [0.2, 0.25) is 0 Å². The zero-order valence-corrected chi connectivity index (χ0v) is 18.4. The Morgan fingerprint density at radius 2 is 1.89 bits per heavy atom. The van der Waals surface area contributed by atoms with Crippen molar-refractivity contribution in [3.05, 3.63) is 27.4 Å². The Hall–Kier alpha value is -1.43. The largest absolute Gasteiger partial charge is 0.465 e. The summed E-state index contributed by atoms with van der Waals surface area (Å²) < 4.78 is 7.74. The average molecular weight is 397 g/mol. The number of carbonyl (C=O) groups is 1. The van der Waals surface area contributed by atoms with Gasteiger partial charge in [0.15, 0.2) is 0 Å². The molecule has 0 radical (unpaired) electrons. The van der Waals surface area contributed by atoms with Crippen molar-refractivity contribution in [3.63, 3.8) is 0 Å². The number of hydrogen-bond donors (Lipinski definition) is 1. The number of rotatable bonds is 12. The number of nitrogens with one attached hydrogen (secondary N) is 1. The molecule has 1 heterocycles. The number of aromatic amines is 1. The number of unbranched alkanes of at least 4 members (excludes halogenated alkanes) is 3. The molecule has 154 valence electrons. The van der Waals surface area contributed by atoms with Gasteiger partial charge in [-0.1, -0.05) is 53.3 Å². The summed E-state index contributed by atoms with van der Waals surface area (Å²) in [5.41, 5.74) is -0.533. The van der Waals surface area contributed by atoms with Crippen LogP contribution in [-0.2, 0) is 16.1 Å². The van der Waals surface area contributed by atoms with Crippen LogP contribution >= 0.6 is 12.2 Å². The zero-order valence-electron chi connectivity index (χ0n) is 17.5. The fourth-order valence-electron chi connectivity index (χ4n) is 3.65. The molecule has 1 aromatic rings. The number of ether oxygens (including phenoxy) is 1. The summed E-state index contributed by atoms with van der Waals surface area (Å²) in [6.07, 6.45) is 7.16. The Morgan fingerprint density at radius 1 is 1.22 bits per heavy atom. The minimum atomic E-state index is -0.372. The zero-order chi connectivity index (χ0) is 20.4. The van der Waals surface area contributed by atoms with Crippen LogP contribution in [0.3, 0.4) is 0 Å². The van der Waals surface area contributed by atoms with E-state index in [1.807, 2.05) is 0 Å².